The van der Waals surface area contributed by atoms with E-state index in [1.54, 1.807) is 0 Å². The maximum atomic E-state index is 11.9. The number of hydroxylamine groups is 2. The quantitative estimate of drug-likeness (QED) is 0.321. The highest BCUT2D eigenvalue weighted by atomic mass is 16.5. The Morgan fingerprint density at radius 1 is 1.18 bits per heavy atom. The van der Waals surface area contributed by atoms with Crippen LogP contribution in [-0.4, -0.2) is 64.0 Å². The summed E-state index contributed by atoms with van der Waals surface area (Å²) in [5, 5.41) is 24.6. The second kappa shape index (κ2) is 9.67. The second-order valence-electron chi connectivity index (χ2n) is 5.95. The van der Waals surface area contributed by atoms with E-state index in [1.165, 1.54) is 25.4 Å². The molecule has 2 heterocycles. The van der Waals surface area contributed by atoms with Gasteiger partial charge in [-0.2, -0.15) is 5.06 Å². The summed E-state index contributed by atoms with van der Waals surface area (Å²) >= 11 is 0. The highest BCUT2D eigenvalue weighted by Gasteiger charge is 2.24. The van der Waals surface area contributed by atoms with Gasteiger partial charge in [-0.25, -0.2) is 0 Å². The molecule has 1 aromatic heterocycles. The number of aryl methyl sites for hydroxylation is 1. The molecule has 3 amide bonds. The lowest BCUT2D eigenvalue weighted by Gasteiger charge is -2.21. The molecule has 0 aromatic carbocycles. The van der Waals surface area contributed by atoms with E-state index in [0.717, 1.165) is 4.57 Å². The van der Waals surface area contributed by atoms with Gasteiger partial charge < -0.3 is 25.0 Å². The van der Waals surface area contributed by atoms with Gasteiger partial charge in [-0.15, -0.1) is 0 Å². The Morgan fingerprint density at radius 3 is 2.50 bits per heavy atom. The zero-order valence-electron chi connectivity index (χ0n) is 15.3. The van der Waals surface area contributed by atoms with Gasteiger partial charge in [0.15, 0.2) is 5.75 Å². The lowest BCUT2D eigenvalue weighted by atomic mass is 10.1. The van der Waals surface area contributed by atoms with Crippen molar-refractivity contribution in [1.82, 2.24) is 20.3 Å². The third-order valence-electron chi connectivity index (χ3n) is 3.94. The van der Waals surface area contributed by atoms with Crippen LogP contribution in [-0.2, 0) is 21.4 Å². The zero-order valence-corrected chi connectivity index (χ0v) is 15.3. The smallest absolute Gasteiger partial charge is 0.293 e. The van der Waals surface area contributed by atoms with Crippen LogP contribution in [0.15, 0.2) is 28.8 Å². The van der Waals surface area contributed by atoms with Gasteiger partial charge in [0.2, 0.25) is 0 Å². The molecule has 28 heavy (non-hydrogen) atoms. The average Bonchev–Trinajstić information content (AvgIpc) is 2.67. The Kier molecular flexibility index (Phi) is 7.29. The molecule has 1 aliphatic rings. The number of pyridine rings is 1. The van der Waals surface area contributed by atoms with Crippen molar-refractivity contribution in [3.63, 3.8) is 0 Å². The minimum Gasteiger partial charge on any atom is -0.502 e. The molecular formula is C17H22N4O7. The summed E-state index contributed by atoms with van der Waals surface area (Å²) in [5.41, 5.74) is -0.910. The number of aromatic nitrogens is 1. The molecule has 0 fully saturated rings. The van der Waals surface area contributed by atoms with E-state index in [-0.39, 0.29) is 44.0 Å². The first kappa shape index (κ1) is 21.1. The summed E-state index contributed by atoms with van der Waals surface area (Å²) in [4.78, 5) is 46.7. The van der Waals surface area contributed by atoms with Gasteiger partial charge in [0.25, 0.3) is 23.3 Å². The van der Waals surface area contributed by atoms with Crippen molar-refractivity contribution in [2.75, 3.05) is 26.3 Å². The number of nitrogens with one attached hydrogen (secondary N) is 2. The van der Waals surface area contributed by atoms with Crippen LogP contribution in [0.3, 0.4) is 0 Å². The summed E-state index contributed by atoms with van der Waals surface area (Å²) in [6.45, 7) is 0.555. The van der Waals surface area contributed by atoms with E-state index < -0.39 is 29.0 Å². The SMILES string of the molecule is Cn1ccc(C(=O)NCCOCCNC(=O)C2=CCCC(=O)N2O)c(O)c1=O. The fourth-order valence-corrected chi connectivity index (χ4v) is 2.41. The maximum absolute atomic E-state index is 11.9. The molecule has 0 spiro atoms. The van der Waals surface area contributed by atoms with Crippen molar-refractivity contribution in [1.29, 1.82) is 0 Å². The fraction of sp³-hybridized carbons (Fsp3) is 0.412. The lowest BCUT2D eigenvalue weighted by molar-refractivity contribution is -0.161. The first-order valence-electron chi connectivity index (χ1n) is 8.57. The number of aromatic hydroxyl groups is 1. The molecule has 1 aromatic rings. The summed E-state index contributed by atoms with van der Waals surface area (Å²) in [6, 6.07) is 1.33. The van der Waals surface area contributed by atoms with Crippen LogP contribution in [0, 0.1) is 0 Å². The molecule has 0 saturated heterocycles. The highest BCUT2D eigenvalue weighted by Crippen LogP contribution is 2.13. The first-order chi connectivity index (χ1) is 13.3. The van der Waals surface area contributed by atoms with Gasteiger partial charge in [-0.3, -0.25) is 24.4 Å². The number of nitrogens with zero attached hydrogens (tertiary/aromatic N) is 2. The Balaban J connectivity index is 1.65. The summed E-state index contributed by atoms with van der Waals surface area (Å²) < 4.78 is 6.41. The molecule has 4 N–H and O–H groups in total. The second-order valence-corrected chi connectivity index (χ2v) is 5.95. The molecule has 11 nitrogen and oxygen atoms in total. The average molecular weight is 394 g/mol. The Morgan fingerprint density at radius 2 is 1.82 bits per heavy atom. The number of allylic oxidation sites excluding steroid dienone is 1. The van der Waals surface area contributed by atoms with Crippen LogP contribution >= 0.6 is 0 Å². The largest absolute Gasteiger partial charge is 0.502 e. The molecule has 11 heteroatoms. The number of amides is 3. The predicted molar refractivity (Wildman–Crippen MR) is 95.5 cm³/mol. The Hall–Kier alpha value is -3.18. The Labute approximate surface area is 160 Å². The monoisotopic (exact) mass is 394 g/mol. The van der Waals surface area contributed by atoms with Gasteiger partial charge in [-0.05, 0) is 12.5 Å². The number of rotatable bonds is 8. The fourth-order valence-electron chi connectivity index (χ4n) is 2.41. The molecule has 1 aliphatic heterocycles. The van der Waals surface area contributed by atoms with Gasteiger partial charge in [-0.1, -0.05) is 6.08 Å². The number of carbonyl (C=O) groups is 3. The molecule has 0 aliphatic carbocycles. The number of ether oxygens (including phenoxy) is 1. The topological polar surface area (TPSA) is 150 Å². The van der Waals surface area contributed by atoms with Crippen LogP contribution < -0.4 is 16.2 Å². The van der Waals surface area contributed by atoms with Gasteiger partial charge in [0.1, 0.15) is 5.70 Å². The third kappa shape index (κ3) is 5.18. The van der Waals surface area contributed by atoms with E-state index in [9.17, 15) is 29.5 Å². The normalized spacial score (nSPS) is 13.9. The predicted octanol–water partition coefficient (Wildman–Crippen LogP) is -1.15. The van der Waals surface area contributed by atoms with Gasteiger partial charge >= 0.3 is 0 Å². The van der Waals surface area contributed by atoms with Crippen LogP contribution in [0.25, 0.3) is 0 Å². The molecule has 152 valence electrons. The number of carbonyl (C=O) groups excluding carboxylic acids is 3. The zero-order chi connectivity index (χ0) is 20.7. The first-order valence-corrected chi connectivity index (χ1v) is 8.57. The molecule has 0 bridgehead atoms. The molecule has 0 unspecified atom stereocenters. The van der Waals surface area contributed by atoms with Crippen molar-refractivity contribution in [3.05, 3.63) is 40.0 Å². The molecule has 0 atom stereocenters. The number of hydrogen-bond donors (Lipinski definition) is 4. The Bertz CT molecular complexity index is 846. The van der Waals surface area contributed by atoms with E-state index in [0.29, 0.717) is 11.5 Å². The third-order valence-corrected chi connectivity index (χ3v) is 3.94. The van der Waals surface area contributed by atoms with Crippen molar-refractivity contribution in [2.45, 2.75) is 12.8 Å². The van der Waals surface area contributed by atoms with Gasteiger partial charge in [0, 0.05) is 32.8 Å². The molecule has 0 radical (unpaired) electrons. The van der Waals surface area contributed by atoms with Gasteiger partial charge in [0.05, 0.1) is 18.8 Å². The summed E-state index contributed by atoms with van der Waals surface area (Å²) in [7, 11) is 1.46. The highest BCUT2D eigenvalue weighted by molar-refractivity contribution is 5.97. The molecule has 0 saturated carbocycles. The summed E-state index contributed by atoms with van der Waals surface area (Å²) in [5.74, 6) is -2.36. The number of hydrogen-bond acceptors (Lipinski definition) is 7. The van der Waals surface area contributed by atoms with Crippen LogP contribution in [0.5, 0.6) is 5.75 Å². The van der Waals surface area contributed by atoms with Crippen LogP contribution in [0.4, 0.5) is 0 Å². The van der Waals surface area contributed by atoms with Crippen molar-refractivity contribution < 1.29 is 29.4 Å². The molecule has 2 rings (SSSR count). The van der Waals surface area contributed by atoms with Crippen molar-refractivity contribution in [2.24, 2.45) is 7.05 Å². The van der Waals surface area contributed by atoms with E-state index in [4.69, 9.17) is 4.74 Å². The van der Waals surface area contributed by atoms with Crippen molar-refractivity contribution in [3.8, 4) is 5.75 Å². The standard InChI is InChI=1S/C17H22N4O7/c1-20-8-5-11(14(23)17(20)26)15(24)18-6-9-28-10-7-19-16(25)12-3-2-4-13(22)21(12)27/h3,5,8,23,27H,2,4,6-7,9-10H2,1H3,(H,18,24)(H,19,25). The minimum absolute atomic E-state index is 0.114. The van der Waals surface area contributed by atoms with Crippen molar-refractivity contribution >= 4 is 17.7 Å². The van der Waals surface area contributed by atoms with Crippen LogP contribution in [0.1, 0.15) is 23.2 Å². The minimum atomic E-state index is -0.670. The van der Waals surface area contributed by atoms with Crippen LogP contribution in [0.2, 0.25) is 0 Å². The van der Waals surface area contributed by atoms with E-state index in [1.807, 2.05) is 0 Å². The van der Waals surface area contributed by atoms with E-state index >= 15 is 0 Å². The van der Waals surface area contributed by atoms with E-state index in [2.05, 4.69) is 10.6 Å². The molecular weight excluding hydrogens is 372 g/mol. The lowest BCUT2D eigenvalue weighted by Crippen LogP contribution is -2.39. The summed E-state index contributed by atoms with van der Waals surface area (Å²) in [6.07, 6.45) is 3.38. The maximum Gasteiger partial charge on any atom is 0.293 e.